The van der Waals surface area contributed by atoms with Crippen LogP contribution in [0.4, 0.5) is 4.39 Å². The highest BCUT2D eigenvalue weighted by molar-refractivity contribution is 5.94. The van der Waals surface area contributed by atoms with Crippen molar-refractivity contribution in [1.29, 1.82) is 0 Å². The molecule has 8 nitrogen and oxygen atoms in total. The molecular weight excluding hydrogens is 353 g/mol. The van der Waals surface area contributed by atoms with E-state index in [0.29, 0.717) is 19.6 Å². The normalized spacial score (nSPS) is 15.5. The summed E-state index contributed by atoms with van der Waals surface area (Å²) in [6, 6.07) is 6.11. The lowest BCUT2D eigenvalue weighted by atomic mass is 9.98. The van der Waals surface area contributed by atoms with Crippen molar-refractivity contribution >= 4 is 11.8 Å². The maximum Gasteiger partial charge on any atom is 0.323 e. The number of aromatic nitrogens is 2. The van der Waals surface area contributed by atoms with E-state index in [1.165, 1.54) is 23.2 Å². The molecule has 1 unspecified atom stereocenters. The van der Waals surface area contributed by atoms with Gasteiger partial charge in [0.05, 0.1) is 12.0 Å². The van der Waals surface area contributed by atoms with Crippen molar-refractivity contribution in [2.45, 2.75) is 6.04 Å². The molecular formula is C18H22FN5O3. The lowest BCUT2D eigenvalue weighted by Gasteiger charge is -2.38. The van der Waals surface area contributed by atoms with E-state index >= 15 is 0 Å². The van der Waals surface area contributed by atoms with Crippen LogP contribution in [0.2, 0.25) is 0 Å². The van der Waals surface area contributed by atoms with E-state index in [0.717, 1.165) is 5.56 Å². The first-order valence-corrected chi connectivity index (χ1v) is 8.61. The third kappa shape index (κ3) is 4.25. The Balaban J connectivity index is 1.51. The van der Waals surface area contributed by atoms with Crippen LogP contribution in [0.25, 0.3) is 0 Å². The summed E-state index contributed by atoms with van der Waals surface area (Å²) in [6.07, 6.45) is 1.32. The molecule has 1 atom stereocenters. The van der Waals surface area contributed by atoms with Gasteiger partial charge in [0.2, 0.25) is 5.91 Å². The molecule has 1 aromatic carbocycles. The number of hydrogen-bond donors (Lipinski definition) is 3. The van der Waals surface area contributed by atoms with Crippen molar-refractivity contribution in [2.24, 2.45) is 5.92 Å². The molecule has 0 radical (unpaired) electrons. The minimum absolute atomic E-state index is 0.0858. The van der Waals surface area contributed by atoms with Crippen LogP contribution in [0, 0.1) is 11.7 Å². The Labute approximate surface area is 155 Å². The minimum Gasteiger partial charge on any atom is -0.354 e. The molecule has 27 heavy (non-hydrogen) atoms. The number of carbonyl (C=O) groups is 2. The summed E-state index contributed by atoms with van der Waals surface area (Å²) in [5.41, 5.74) is 0.648. The number of rotatable bonds is 6. The number of likely N-dealkylation sites (tertiary alicyclic amines) is 1. The summed E-state index contributed by atoms with van der Waals surface area (Å²) in [5.74, 6) is -1.02. The van der Waals surface area contributed by atoms with Gasteiger partial charge < -0.3 is 25.1 Å². The van der Waals surface area contributed by atoms with E-state index in [1.807, 2.05) is 19.0 Å². The largest absolute Gasteiger partial charge is 0.354 e. The van der Waals surface area contributed by atoms with Gasteiger partial charge in [-0.2, -0.15) is 0 Å². The second-order valence-electron chi connectivity index (χ2n) is 6.84. The molecule has 2 aromatic rings. The molecule has 1 saturated heterocycles. The number of likely N-dealkylation sites (N-methyl/N-ethyl adjacent to an activating group) is 1. The van der Waals surface area contributed by atoms with E-state index in [2.05, 4.69) is 15.3 Å². The van der Waals surface area contributed by atoms with Gasteiger partial charge in [0, 0.05) is 25.8 Å². The number of nitrogens with zero attached hydrogens (tertiary/aromatic N) is 2. The molecule has 2 amide bonds. The summed E-state index contributed by atoms with van der Waals surface area (Å²) in [5, 5.41) is 2.91. The fourth-order valence-corrected chi connectivity index (χ4v) is 3.05. The van der Waals surface area contributed by atoms with Crippen molar-refractivity contribution in [3.63, 3.8) is 0 Å². The van der Waals surface area contributed by atoms with Gasteiger partial charge in [-0.1, -0.05) is 12.1 Å². The summed E-state index contributed by atoms with van der Waals surface area (Å²) in [4.78, 5) is 43.8. The average molecular weight is 375 g/mol. The number of benzene rings is 1. The maximum atomic E-state index is 13.1. The van der Waals surface area contributed by atoms with Crippen LogP contribution in [0.3, 0.4) is 0 Å². The zero-order valence-corrected chi connectivity index (χ0v) is 15.2. The molecule has 3 N–H and O–H groups in total. The van der Waals surface area contributed by atoms with Crippen molar-refractivity contribution in [3.8, 4) is 0 Å². The van der Waals surface area contributed by atoms with Gasteiger partial charge in [0.1, 0.15) is 11.5 Å². The van der Waals surface area contributed by atoms with Crippen LogP contribution in [-0.2, 0) is 4.79 Å². The molecule has 1 aliphatic rings. The Morgan fingerprint density at radius 1 is 1.30 bits per heavy atom. The second-order valence-corrected chi connectivity index (χ2v) is 6.84. The number of carbonyl (C=O) groups excluding carboxylic acids is 2. The molecule has 1 aromatic heterocycles. The fourth-order valence-electron chi connectivity index (χ4n) is 3.05. The van der Waals surface area contributed by atoms with E-state index in [-0.39, 0.29) is 35.3 Å². The van der Waals surface area contributed by atoms with Crippen LogP contribution in [0.5, 0.6) is 0 Å². The fraction of sp³-hybridized carbons (Fsp3) is 0.389. The first-order chi connectivity index (χ1) is 12.8. The topological polar surface area (TPSA) is 101 Å². The molecule has 0 saturated carbocycles. The predicted octanol–water partition coefficient (Wildman–Crippen LogP) is 0.333. The number of halogens is 1. The number of imidazole rings is 1. The van der Waals surface area contributed by atoms with E-state index in [1.54, 1.807) is 12.1 Å². The molecule has 1 aliphatic heterocycles. The first kappa shape index (κ1) is 18.8. The van der Waals surface area contributed by atoms with E-state index in [9.17, 15) is 18.8 Å². The van der Waals surface area contributed by atoms with Crippen LogP contribution in [0.1, 0.15) is 22.1 Å². The molecule has 0 bridgehead atoms. The minimum atomic E-state index is -0.441. The third-order valence-corrected chi connectivity index (χ3v) is 4.71. The molecule has 2 heterocycles. The molecule has 144 valence electrons. The maximum absolute atomic E-state index is 13.1. The van der Waals surface area contributed by atoms with Crippen molar-refractivity contribution in [2.75, 3.05) is 33.7 Å². The van der Waals surface area contributed by atoms with Crippen molar-refractivity contribution in [3.05, 3.63) is 58.0 Å². The van der Waals surface area contributed by atoms with E-state index in [4.69, 9.17) is 0 Å². The quantitative estimate of drug-likeness (QED) is 0.677. The smallest absolute Gasteiger partial charge is 0.323 e. The van der Waals surface area contributed by atoms with Crippen LogP contribution in [-0.4, -0.2) is 65.3 Å². The second kappa shape index (κ2) is 7.75. The third-order valence-electron chi connectivity index (χ3n) is 4.71. The van der Waals surface area contributed by atoms with Crippen LogP contribution < -0.4 is 11.0 Å². The van der Waals surface area contributed by atoms with Crippen molar-refractivity contribution in [1.82, 2.24) is 25.1 Å². The number of hydrogen-bond acceptors (Lipinski definition) is 4. The molecule has 3 rings (SSSR count). The zero-order chi connectivity index (χ0) is 19.6. The Morgan fingerprint density at radius 3 is 2.52 bits per heavy atom. The van der Waals surface area contributed by atoms with Gasteiger partial charge in [-0.3, -0.25) is 9.59 Å². The van der Waals surface area contributed by atoms with Crippen molar-refractivity contribution < 1.29 is 14.0 Å². The van der Waals surface area contributed by atoms with Gasteiger partial charge >= 0.3 is 5.69 Å². The number of nitrogens with one attached hydrogen (secondary N) is 3. The first-order valence-electron chi connectivity index (χ1n) is 8.61. The summed E-state index contributed by atoms with van der Waals surface area (Å²) in [7, 11) is 3.78. The Bertz CT molecular complexity index is 868. The van der Waals surface area contributed by atoms with Gasteiger partial charge in [-0.25, -0.2) is 9.18 Å². The van der Waals surface area contributed by atoms with Gasteiger partial charge in [0.25, 0.3) is 5.91 Å². The van der Waals surface area contributed by atoms with E-state index < -0.39 is 5.69 Å². The lowest BCUT2D eigenvalue weighted by molar-refractivity contribution is -0.129. The summed E-state index contributed by atoms with van der Waals surface area (Å²) < 4.78 is 13.1. The van der Waals surface area contributed by atoms with Gasteiger partial charge in [-0.15, -0.1) is 0 Å². The standard InChI is InChI=1S/C18H22FN5O3/c1-23(2)15(11-3-5-13(19)6-4-11)8-20-16(25)12-9-24(10-12)17(26)14-7-21-18(27)22-14/h3-7,12,15H,8-10H2,1-2H3,(H,20,25)(H2,21,22,27). The zero-order valence-electron chi connectivity index (χ0n) is 15.2. The molecule has 9 heteroatoms. The SMILES string of the molecule is CN(C)C(CNC(=O)C1CN(C(=O)c2c[nH]c(=O)[nH]2)C1)c1ccc(F)cc1. The summed E-state index contributed by atoms with van der Waals surface area (Å²) >= 11 is 0. The highest BCUT2D eigenvalue weighted by atomic mass is 19.1. The van der Waals surface area contributed by atoms with Crippen LogP contribution >= 0.6 is 0 Å². The molecule has 0 aliphatic carbocycles. The predicted molar refractivity (Wildman–Crippen MR) is 96.6 cm³/mol. The highest BCUT2D eigenvalue weighted by Gasteiger charge is 2.36. The highest BCUT2D eigenvalue weighted by Crippen LogP contribution is 2.20. The average Bonchev–Trinajstić information content (AvgIpc) is 3.01. The number of amides is 2. The molecule has 1 fully saturated rings. The molecule has 0 spiro atoms. The number of H-pyrrole nitrogens is 2. The monoisotopic (exact) mass is 375 g/mol. The van der Waals surface area contributed by atoms with Crippen LogP contribution in [0.15, 0.2) is 35.3 Å². The van der Waals surface area contributed by atoms with Gasteiger partial charge in [-0.05, 0) is 31.8 Å². The summed E-state index contributed by atoms with van der Waals surface area (Å²) in [6.45, 7) is 0.995. The lowest BCUT2D eigenvalue weighted by Crippen LogP contribution is -2.56. The number of aromatic amines is 2. The van der Waals surface area contributed by atoms with Gasteiger partial charge in [0.15, 0.2) is 0 Å². The Morgan fingerprint density at radius 2 is 1.96 bits per heavy atom. The Hall–Kier alpha value is -2.94. The Kier molecular flexibility index (Phi) is 5.41.